The summed E-state index contributed by atoms with van der Waals surface area (Å²) in [7, 11) is 0. The zero-order chi connectivity index (χ0) is 15.4. The summed E-state index contributed by atoms with van der Waals surface area (Å²) in [6, 6.07) is 0.398. The third-order valence-electron chi connectivity index (χ3n) is 3.83. The van der Waals surface area contributed by atoms with Crippen molar-refractivity contribution in [2.75, 3.05) is 26.2 Å². The maximum atomic E-state index is 9.60. The van der Waals surface area contributed by atoms with Crippen molar-refractivity contribution in [1.29, 1.82) is 0 Å². The summed E-state index contributed by atoms with van der Waals surface area (Å²) in [6.45, 7) is 16.1. The molecule has 0 amide bonds. The van der Waals surface area contributed by atoms with E-state index in [4.69, 9.17) is 4.74 Å². The molecule has 20 heavy (non-hydrogen) atoms. The van der Waals surface area contributed by atoms with Crippen LogP contribution in [0.5, 0.6) is 0 Å². The van der Waals surface area contributed by atoms with Crippen LogP contribution in [0.15, 0.2) is 0 Å². The average Bonchev–Trinajstić information content (AvgIpc) is 2.25. The second-order valence-corrected chi connectivity index (χ2v) is 7.54. The van der Waals surface area contributed by atoms with Crippen molar-refractivity contribution in [3.05, 3.63) is 0 Å². The Hall–Kier alpha value is -0.160. The minimum Gasteiger partial charge on any atom is -0.394 e. The van der Waals surface area contributed by atoms with Gasteiger partial charge < -0.3 is 15.2 Å². The molecule has 4 heteroatoms. The van der Waals surface area contributed by atoms with Gasteiger partial charge in [0.1, 0.15) is 0 Å². The molecule has 1 saturated heterocycles. The van der Waals surface area contributed by atoms with Gasteiger partial charge in [-0.15, -0.1) is 0 Å². The van der Waals surface area contributed by atoms with Crippen LogP contribution >= 0.6 is 0 Å². The van der Waals surface area contributed by atoms with Crippen molar-refractivity contribution in [2.24, 2.45) is 0 Å². The molecule has 1 rings (SSSR count). The molecule has 120 valence electrons. The summed E-state index contributed by atoms with van der Waals surface area (Å²) in [5.74, 6) is 0. The van der Waals surface area contributed by atoms with Gasteiger partial charge in [-0.2, -0.15) is 0 Å². The van der Waals surface area contributed by atoms with E-state index in [9.17, 15) is 5.11 Å². The number of nitrogens with zero attached hydrogens (tertiary/aromatic N) is 1. The van der Waals surface area contributed by atoms with Gasteiger partial charge in [-0.3, -0.25) is 4.90 Å². The largest absolute Gasteiger partial charge is 0.394 e. The van der Waals surface area contributed by atoms with Gasteiger partial charge in [0.2, 0.25) is 0 Å². The smallest absolute Gasteiger partial charge is 0.0757 e. The van der Waals surface area contributed by atoms with Crippen molar-refractivity contribution < 1.29 is 9.84 Å². The lowest BCUT2D eigenvalue weighted by atomic mass is 9.95. The molecule has 0 aliphatic carbocycles. The van der Waals surface area contributed by atoms with Crippen molar-refractivity contribution in [3.8, 4) is 0 Å². The molecule has 4 nitrogen and oxygen atoms in total. The van der Waals surface area contributed by atoms with E-state index < -0.39 is 0 Å². The monoisotopic (exact) mass is 286 g/mol. The molecule has 2 unspecified atom stereocenters. The molecule has 1 heterocycles. The van der Waals surface area contributed by atoms with Gasteiger partial charge >= 0.3 is 0 Å². The summed E-state index contributed by atoms with van der Waals surface area (Å²) in [5, 5.41) is 13.1. The number of aliphatic hydroxyl groups is 1. The first-order valence-corrected chi connectivity index (χ1v) is 7.94. The molecule has 2 atom stereocenters. The fourth-order valence-corrected chi connectivity index (χ4v) is 3.34. The van der Waals surface area contributed by atoms with Crippen molar-refractivity contribution >= 4 is 0 Å². The maximum absolute atomic E-state index is 9.60. The summed E-state index contributed by atoms with van der Waals surface area (Å²) in [6.07, 6.45) is 2.39. The van der Waals surface area contributed by atoms with Crippen LogP contribution in [0.4, 0.5) is 0 Å². The Labute approximate surface area is 124 Å². The maximum Gasteiger partial charge on any atom is 0.0757 e. The predicted molar refractivity (Wildman–Crippen MR) is 84.1 cm³/mol. The highest BCUT2D eigenvalue weighted by atomic mass is 16.5. The number of aliphatic hydroxyl groups excluding tert-OH is 1. The van der Waals surface area contributed by atoms with Gasteiger partial charge in [0, 0.05) is 24.7 Å². The number of hydrogen-bond donors (Lipinski definition) is 2. The molecular formula is C16H34N2O2. The van der Waals surface area contributed by atoms with Crippen LogP contribution in [-0.4, -0.2) is 59.5 Å². The van der Waals surface area contributed by atoms with Gasteiger partial charge in [0.15, 0.2) is 0 Å². The lowest BCUT2D eigenvalue weighted by molar-refractivity contribution is -0.129. The Morgan fingerprint density at radius 3 is 2.60 bits per heavy atom. The fourth-order valence-electron chi connectivity index (χ4n) is 3.34. The van der Waals surface area contributed by atoms with E-state index in [0.717, 1.165) is 32.5 Å². The number of nitrogens with one attached hydrogen (secondary N) is 1. The molecule has 0 radical (unpaired) electrons. The second-order valence-electron chi connectivity index (χ2n) is 7.54. The van der Waals surface area contributed by atoms with E-state index in [1.165, 1.54) is 0 Å². The second kappa shape index (κ2) is 7.21. The van der Waals surface area contributed by atoms with Crippen LogP contribution in [0.2, 0.25) is 0 Å². The van der Waals surface area contributed by atoms with Crippen molar-refractivity contribution in [2.45, 2.75) is 77.7 Å². The summed E-state index contributed by atoms with van der Waals surface area (Å²) in [5.41, 5.74) is -0.213. The Kier molecular flexibility index (Phi) is 6.45. The molecular weight excluding hydrogens is 252 g/mol. The highest BCUT2D eigenvalue weighted by molar-refractivity contribution is 4.86. The minimum absolute atomic E-state index is 0.0475. The van der Waals surface area contributed by atoms with Crippen LogP contribution in [0, 0.1) is 0 Å². The zero-order valence-corrected chi connectivity index (χ0v) is 14.2. The topological polar surface area (TPSA) is 44.7 Å². The lowest BCUT2D eigenvalue weighted by Gasteiger charge is -2.42. The van der Waals surface area contributed by atoms with Gasteiger partial charge in [-0.05, 0) is 47.1 Å². The van der Waals surface area contributed by atoms with Crippen molar-refractivity contribution in [3.63, 3.8) is 0 Å². The van der Waals surface area contributed by atoms with Gasteiger partial charge in [-0.1, -0.05) is 13.8 Å². The molecule has 2 N–H and O–H groups in total. The Morgan fingerprint density at radius 1 is 1.45 bits per heavy atom. The molecule has 1 fully saturated rings. The van der Waals surface area contributed by atoms with Crippen LogP contribution in [0.1, 0.15) is 54.4 Å². The molecule has 0 spiro atoms. The average molecular weight is 286 g/mol. The SMILES string of the molecule is CC(C)NC(C)(CO)CCCN1CC(C)OC(C)(C)C1. The summed E-state index contributed by atoms with van der Waals surface area (Å²) >= 11 is 0. The van der Waals surface area contributed by atoms with E-state index in [2.05, 4.69) is 51.8 Å². The van der Waals surface area contributed by atoms with E-state index in [1.54, 1.807) is 0 Å². The zero-order valence-electron chi connectivity index (χ0n) is 14.2. The minimum atomic E-state index is -0.165. The molecule has 0 aromatic rings. The number of hydrogen-bond acceptors (Lipinski definition) is 4. The first-order valence-electron chi connectivity index (χ1n) is 7.94. The van der Waals surface area contributed by atoms with E-state index in [-0.39, 0.29) is 17.7 Å². The quantitative estimate of drug-likeness (QED) is 0.751. The summed E-state index contributed by atoms with van der Waals surface area (Å²) in [4.78, 5) is 2.49. The van der Waals surface area contributed by atoms with Gasteiger partial charge in [0.05, 0.1) is 18.3 Å². The highest BCUT2D eigenvalue weighted by Crippen LogP contribution is 2.22. The first kappa shape index (κ1) is 17.9. The normalized spacial score (nSPS) is 26.7. The third kappa shape index (κ3) is 6.08. The molecule has 1 aliphatic rings. The lowest BCUT2D eigenvalue weighted by Crippen LogP contribution is -2.53. The molecule has 1 aliphatic heterocycles. The molecule has 0 aromatic heterocycles. The summed E-state index contributed by atoms with van der Waals surface area (Å²) < 4.78 is 5.93. The van der Waals surface area contributed by atoms with Crippen LogP contribution < -0.4 is 5.32 Å². The third-order valence-corrected chi connectivity index (χ3v) is 3.83. The molecule has 0 saturated carbocycles. The fraction of sp³-hybridized carbons (Fsp3) is 1.00. The van der Waals surface area contributed by atoms with Crippen LogP contribution in [0.25, 0.3) is 0 Å². The van der Waals surface area contributed by atoms with E-state index in [1.807, 2.05) is 0 Å². The number of rotatable bonds is 7. The number of ether oxygens (including phenoxy) is 1. The van der Waals surface area contributed by atoms with E-state index in [0.29, 0.717) is 12.1 Å². The predicted octanol–water partition coefficient (Wildman–Crippen LogP) is 2.01. The van der Waals surface area contributed by atoms with Crippen LogP contribution in [0.3, 0.4) is 0 Å². The van der Waals surface area contributed by atoms with Crippen molar-refractivity contribution in [1.82, 2.24) is 10.2 Å². The van der Waals surface area contributed by atoms with Crippen LogP contribution in [-0.2, 0) is 4.74 Å². The molecule has 0 bridgehead atoms. The first-order chi connectivity index (χ1) is 9.16. The van der Waals surface area contributed by atoms with Gasteiger partial charge in [-0.25, -0.2) is 0 Å². The Bertz CT molecular complexity index is 294. The van der Waals surface area contributed by atoms with Gasteiger partial charge in [0.25, 0.3) is 0 Å². The molecule has 0 aromatic carbocycles. The standard InChI is InChI=1S/C16H34N2O2/c1-13(2)17-16(6,12-19)8-7-9-18-10-14(3)20-15(4,5)11-18/h13-14,17,19H,7-12H2,1-6H3. The number of morpholine rings is 1. The van der Waals surface area contributed by atoms with E-state index >= 15 is 0 Å². The Balaban J connectivity index is 2.39. The Morgan fingerprint density at radius 2 is 2.10 bits per heavy atom. The highest BCUT2D eigenvalue weighted by Gasteiger charge is 2.31.